The molecule has 0 radical (unpaired) electrons. The van der Waals surface area contributed by atoms with Crippen molar-refractivity contribution in [3.8, 4) is 0 Å². The van der Waals surface area contributed by atoms with E-state index in [0.717, 1.165) is 76.0 Å². The van der Waals surface area contributed by atoms with Crippen molar-refractivity contribution in [3.05, 3.63) is 24.2 Å². The number of rotatable bonds is 5. The summed E-state index contributed by atoms with van der Waals surface area (Å²) in [7, 11) is 0. The highest BCUT2D eigenvalue weighted by molar-refractivity contribution is 5.83. The second-order valence-electron chi connectivity index (χ2n) is 12.4. The van der Waals surface area contributed by atoms with Gasteiger partial charge in [-0.25, -0.2) is 0 Å². The monoisotopic (exact) mass is 470 g/mol. The van der Waals surface area contributed by atoms with Crippen LogP contribution in [0.3, 0.4) is 0 Å². The summed E-state index contributed by atoms with van der Waals surface area (Å²) in [5, 5.41) is 27.6. The van der Waals surface area contributed by atoms with Gasteiger partial charge < -0.3 is 24.7 Å². The third-order valence-corrected chi connectivity index (χ3v) is 11.4. The molecule has 188 valence electrons. The lowest BCUT2D eigenvalue weighted by molar-refractivity contribution is -0.239. The highest BCUT2D eigenvalue weighted by Crippen LogP contribution is 2.71. The third-order valence-electron chi connectivity index (χ3n) is 11.4. The van der Waals surface area contributed by atoms with Gasteiger partial charge in [-0.05, 0) is 87.0 Å². The van der Waals surface area contributed by atoms with E-state index in [2.05, 4.69) is 24.2 Å². The first-order chi connectivity index (χ1) is 16.3. The highest BCUT2D eigenvalue weighted by Gasteiger charge is 2.72. The lowest BCUT2D eigenvalue weighted by atomic mass is 9.43. The molecule has 6 nitrogen and oxygen atoms in total. The number of nitrogens with one attached hydrogen (secondary N) is 1. The molecule has 8 atom stereocenters. The molecule has 0 amide bonds. The second-order valence-corrected chi connectivity index (χ2v) is 12.4. The van der Waals surface area contributed by atoms with E-state index in [0.29, 0.717) is 30.8 Å². The standard InChI is InChI=1S/C28H42N2O4/c1-25-9-5-21(34-16-8-24-29-13-14-30-24)17-19(25)3-4-23-22(25)6-10-26(2)27(31,11-12-28(23,26)32)20-7-15-33-18-20/h7,15,18-19,21-23,31-32H,3-6,8-14,16-17H2,1-2H3,(H,29,30)/t19-,21+,22?,23?,25+,26-,27+,28+/m1/s1. The van der Waals surface area contributed by atoms with E-state index in [-0.39, 0.29) is 11.3 Å². The quantitative estimate of drug-likeness (QED) is 0.594. The maximum atomic E-state index is 12.3. The van der Waals surface area contributed by atoms with Crippen molar-refractivity contribution >= 4 is 5.84 Å². The molecule has 0 saturated heterocycles. The minimum absolute atomic E-state index is 0.257. The van der Waals surface area contributed by atoms with Crippen LogP contribution in [-0.4, -0.2) is 47.5 Å². The van der Waals surface area contributed by atoms with Crippen molar-refractivity contribution in [1.29, 1.82) is 0 Å². The average molecular weight is 471 g/mol. The van der Waals surface area contributed by atoms with Gasteiger partial charge >= 0.3 is 0 Å². The lowest BCUT2D eigenvalue weighted by Gasteiger charge is -2.64. The second kappa shape index (κ2) is 8.07. The summed E-state index contributed by atoms with van der Waals surface area (Å²) in [5.41, 5.74) is -1.28. The summed E-state index contributed by atoms with van der Waals surface area (Å²) in [6, 6.07) is 1.89. The molecule has 4 saturated carbocycles. The molecular weight excluding hydrogens is 428 g/mol. The van der Waals surface area contributed by atoms with E-state index in [1.807, 2.05) is 6.07 Å². The van der Waals surface area contributed by atoms with Gasteiger partial charge in [-0.3, -0.25) is 4.99 Å². The van der Waals surface area contributed by atoms with Gasteiger partial charge in [0.15, 0.2) is 0 Å². The van der Waals surface area contributed by atoms with Crippen molar-refractivity contribution in [2.24, 2.45) is 33.6 Å². The van der Waals surface area contributed by atoms with Crippen LogP contribution in [0.25, 0.3) is 0 Å². The van der Waals surface area contributed by atoms with Gasteiger partial charge in [0.1, 0.15) is 5.60 Å². The Morgan fingerprint density at radius 2 is 1.97 bits per heavy atom. The molecule has 0 aromatic carbocycles. The van der Waals surface area contributed by atoms with Gasteiger partial charge in [0, 0.05) is 23.9 Å². The van der Waals surface area contributed by atoms with Gasteiger partial charge in [0.05, 0.1) is 43.2 Å². The molecule has 0 bridgehead atoms. The Balaban J connectivity index is 1.17. The normalized spacial score (nSPS) is 47.9. The summed E-state index contributed by atoms with van der Waals surface area (Å²) in [6.07, 6.45) is 13.5. The molecule has 4 aliphatic carbocycles. The Morgan fingerprint density at radius 3 is 2.74 bits per heavy atom. The van der Waals surface area contributed by atoms with E-state index in [1.165, 1.54) is 6.42 Å². The van der Waals surface area contributed by atoms with Gasteiger partial charge in [-0.15, -0.1) is 0 Å². The van der Waals surface area contributed by atoms with Gasteiger partial charge in [-0.1, -0.05) is 13.8 Å². The fourth-order valence-corrected chi connectivity index (χ4v) is 9.25. The number of aliphatic imine (C=N–C) groups is 1. The molecule has 6 heteroatoms. The Hall–Kier alpha value is -1.37. The molecule has 2 heterocycles. The molecule has 5 aliphatic rings. The molecule has 2 unspecified atom stereocenters. The minimum atomic E-state index is -1.01. The Morgan fingerprint density at radius 1 is 1.09 bits per heavy atom. The first-order valence-corrected chi connectivity index (χ1v) is 13.7. The van der Waals surface area contributed by atoms with Gasteiger partial charge in [-0.2, -0.15) is 0 Å². The van der Waals surface area contributed by atoms with Crippen LogP contribution < -0.4 is 5.32 Å². The van der Waals surface area contributed by atoms with Crippen molar-refractivity contribution < 1.29 is 19.4 Å². The Kier molecular flexibility index (Phi) is 5.47. The summed E-state index contributed by atoms with van der Waals surface area (Å²) >= 11 is 0. The van der Waals surface area contributed by atoms with E-state index < -0.39 is 16.6 Å². The molecule has 4 fully saturated rings. The average Bonchev–Trinajstić information content (AvgIpc) is 3.57. The Bertz CT molecular complexity index is 933. The highest BCUT2D eigenvalue weighted by atomic mass is 16.5. The zero-order chi connectivity index (χ0) is 23.6. The van der Waals surface area contributed by atoms with Crippen LogP contribution in [0.5, 0.6) is 0 Å². The van der Waals surface area contributed by atoms with E-state index in [1.54, 1.807) is 12.5 Å². The lowest BCUT2D eigenvalue weighted by Crippen LogP contribution is -2.64. The predicted octanol–water partition coefficient (Wildman–Crippen LogP) is 4.40. The van der Waals surface area contributed by atoms with E-state index >= 15 is 0 Å². The number of fused-ring (bicyclic) bond motifs is 5. The van der Waals surface area contributed by atoms with Crippen LogP contribution in [0.15, 0.2) is 28.0 Å². The maximum Gasteiger partial charge on any atom is 0.101 e. The summed E-state index contributed by atoms with van der Waals surface area (Å²) in [4.78, 5) is 4.48. The van der Waals surface area contributed by atoms with E-state index in [4.69, 9.17) is 9.15 Å². The fraction of sp³-hybridized carbons (Fsp3) is 0.821. The van der Waals surface area contributed by atoms with Gasteiger partial charge in [0.25, 0.3) is 0 Å². The summed E-state index contributed by atoms with van der Waals surface area (Å²) in [6.45, 7) is 7.27. The first-order valence-electron chi connectivity index (χ1n) is 13.7. The van der Waals surface area contributed by atoms with E-state index in [9.17, 15) is 10.2 Å². The number of aliphatic hydroxyl groups is 2. The van der Waals surface area contributed by atoms with Crippen molar-refractivity contribution in [2.45, 2.75) is 95.4 Å². The number of hydrogen-bond acceptors (Lipinski definition) is 6. The number of hydrogen-bond donors (Lipinski definition) is 3. The molecule has 1 aromatic heterocycles. The first kappa shape index (κ1) is 23.1. The topological polar surface area (TPSA) is 87.2 Å². The number of furan rings is 1. The summed E-state index contributed by atoms with van der Waals surface area (Å²) < 4.78 is 11.7. The van der Waals surface area contributed by atoms with Crippen molar-refractivity contribution in [2.75, 3.05) is 19.7 Å². The molecule has 0 spiro atoms. The molecule has 3 N–H and O–H groups in total. The van der Waals surface area contributed by atoms with Gasteiger partial charge in [0.2, 0.25) is 0 Å². The molecule has 34 heavy (non-hydrogen) atoms. The third kappa shape index (κ3) is 3.13. The molecule has 6 rings (SSSR count). The van der Waals surface area contributed by atoms with Crippen LogP contribution in [0.2, 0.25) is 0 Å². The smallest absolute Gasteiger partial charge is 0.101 e. The van der Waals surface area contributed by atoms with Crippen LogP contribution in [0.4, 0.5) is 0 Å². The van der Waals surface area contributed by atoms with Crippen LogP contribution >= 0.6 is 0 Å². The van der Waals surface area contributed by atoms with Crippen LogP contribution in [0.1, 0.15) is 83.6 Å². The zero-order valence-corrected chi connectivity index (χ0v) is 20.9. The van der Waals surface area contributed by atoms with Crippen molar-refractivity contribution in [1.82, 2.24) is 5.32 Å². The molecule has 1 aromatic rings. The fourth-order valence-electron chi connectivity index (χ4n) is 9.25. The number of nitrogens with zero attached hydrogens (tertiary/aromatic N) is 1. The largest absolute Gasteiger partial charge is 0.472 e. The SMILES string of the molecule is C[C@]12CCC3C(CC[C@@H]4C[C@@H](OCCC5=NCCN5)CC[C@]34C)[C@@]1(O)CC[C@]2(O)c1ccoc1. The predicted molar refractivity (Wildman–Crippen MR) is 130 cm³/mol. The minimum Gasteiger partial charge on any atom is -0.472 e. The molecular formula is C28H42N2O4. The maximum absolute atomic E-state index is 12.3. The summed E-state index contributed by atoms with van der Waals surface area (Å²) in [5.74, 6) is 2.55. The Labute approximate surface area is 203 Å². The van der Waals surface area contributed by atoms with Crippen LogP contribution in [0, 0.1) is 28.6 Å². The number of ether oxygens (including phenoxy) is 1. The van der Waals surface area contributed by atoms with Crippen LogP contribution in [-0.2, 0) is 10.3 Å². The molecule has 1 aliphatic heterocycles. The zero-order valence-electron chi connectivity index (χ0n) is 20.9. The number of amidine groups is 1. The van der Waals surface area contributed by atoms with Crippen molar-refractivity contribution in [3.63, 3.8) is 0 Å².